The van der Waals surface area contributed by atoms with E-state index in [9.17, 15) is 4.79 Å². The standard InChI is InChI=1S/C20H25NO2/c1-2-17-10-6-7-15-21(17)20(22)14-12-18-11-13-19(23-18)16-8-4-3-5-9-16/h3-5,8-9,11,13,17H,2,6-7,10,12,14-15H2,1H3. The van der Waals surface area contributed by atoms with Crippen LogP contribution in [0.25, 0.3) is 11.3 Å². The summed E-state index contributed by atoms with van der Waals surface area (Å²) in [6.07, 6.45) is 5.82. The van der Waals surface area contributed by atoms with Crippen molar-refractivity contribution in [2.75, 3.05) is 6.54 Å². The van der Waals surface area contributed by atoms with Gasteiger partial charge < -0.3 is 9.32 Å². The Kier molecular flexibility index (Phi) is 5.16. The molecule has 1 aliphatic heterocycles. The third-order valence-corrected chi connectivity index (χ3v) is 4.72. The van der Waals surface area contributed by atoms with Crippen molar-refractivity contribution in [1.82, 2.24) is 4.90 Å². The van der Waals surface area contributed by atoms with Crippen LogP contribution in [0.15, 0.2) is 46.9 Å². The van der Waals surface area contributed by atoms with E-state index in [1.165, 1.54) is 6.42 Å². The zero-order valence-corrected chi connectivity index (χ0v) is 13.8. The van der Waals surface area contributed by atoms with Crippen LogP contribution in [-0.4, -0.2) is 23.4 Å². The van der Waals surface area contributed by atoms with E-state index < -0.39 is 0 Å². The zero-order chi connectivity index (χ0) is 16.1. The van der Waals surface area contributed by atoms with Gasteiger partial charge in [0.15, 0.2) is 0 Å². The lowest BCUT2D eigenvalue weighted by Crippen LogP contribution is -2.43. The van der Waals surface area contributed by atoms with Gasteiger partial charge in [-0.1, -0.05) is 37.3 Å². The highest BCUT2D eigenvalue weighted by Gasteiger charge is 2.24. The molecule has 122 valence electrons. The minimum Gasteiger partial charge on any atom is -0.461 e. The number of nitrogens with zero attached hydrogens (tertiary/aromatic N) is 1. The summed E-state index contributed by atoms with van der Waals surface area (Å²) in [5, 5.41) is 0. The number of carbonyl (C=O) groups is 1. The van der Waals surface area contributed by atoms with Crippen LogP contribution < -0.4 is 0 Å². The van der Waals surface area contributed by atoms with Crippen LogP contribution >= 0.6 is 0 Å². The van der Waals surface area contributed by atoms with Crippen LogP contribution in [0.3, 0.4) is 0 Å². The first-order valence-corrected chi connectivity index (χ1v) is 8.71. The van der Waals surface area contributed by atoms with Gasteiger partial charge in [-0.3, -0.25) is 4.79 Å². The molecule has 2 heterocycles. The van der Waals surface area contributed by atoms with E-state index in [-0.39, 0.29) is 5.91 Å². The fraction of sp³-hybridized carbons (Fsp3) is 0.450. The van der Waals surface area contributed by atoms with Gasteiger partial charge in [-0.15, -0.1) is 0 Å². The topological polar surface area (TPSA) is 33.5 Å². The Labute approximate surface area is 138 Å². The molecule has 3 rings (SSSR count). The summed E-state index contributed by atoms with van der Waals surface area (Å²) in [5.41, 5.74) is 1.08. The van der Waals surface area contributed by atoms with Crippen LogP contribution in [0.1, 0.15) is 44.8 Å². The van der Waals surface area contributed by atoms with Gasteiger partial charge >= 0.3 is 0 Å². The van der Waals surface area contributed by atoms with Crippen molar-refractivity contribution in [1.29, 1.82) is 0 Å². The van der Waals surface area contributed by atoms with Gasteiger partial charge in [-0.2, -0.15) is 0 Å². The maximum absolute atomic E-state index is 12.5. The molecule has 1 fully saturated rings. The predicted molar refractivity (Wildman–Crippen MR) is 92.1 cm³/mol. The van der Waals surface area contributed by atoms with Crippen molar-refractivity contribution in [2.24, 2.45) is 0 Å². The number of benzene rings is 1. The Morgan fingerprint density at radius 3 is 2.78 bits per heavy atom. The van der Waals surface area contributed by atoms with Crippen LogP contribution in [0.2, 0.25) is 0 Å². The summed E-state index contributed by atoms with van der Waals surface area (Å²) in [5.74, 6) is 2.04. The second-order valence-corrected chi connectivity index (χ2v) is 6.28. The van der Waals surface area contributed by atoms with Crippen molar-refractivity contribution >= 4 is 5.91 Å². The van der Waals surface area contributed by atoms with Gasteiger partial charge in [0.25, 0.3) is 0 Å². The number of hydrogen-bond donors (Lipinski definition) is 0. The Balaban J connectivity index is 1.58. The summed E-state index contributed by atoms with van der Waals surface area (Å²) in [4.78, 5) is 14.6. The van der Waals surface area contributed by atoms with E-state index in [0.717, 1.165) is 42.9 Å². The van der Waals surface area contributed by atoms with Crippen molar-refractivity contribution in [3.8, 4) is 11.3 Å². The van der Waals surface area contributed by atoms with Crippen molar-refractivity contribution in [2.45, 2.75) is 51.5 Å². The number of piperidine rings is 1. The molecule has 0 N–H and O–H groups in total. The second-order valence-electron chi connectivity index (χ2n) is 6.28. The Morgan fingerprint density at radius 1 is 1.17 bits per heavy atom. The Hall–Kier alpha value is -2.03. The number of likely N-dealkylation sites (tertiary alicyclic amines) is 1. The van der Waals surface area contributed by atoms with Crippen molar-refractivity contribution in [3.05, 3.63) is 48.2 Å². The molecule has 3 nitrogen and oxygen atoms in total. The Bertz CT molecular complexity index is 632. The molecule has 0 saturated carbocycles. The number of furan rings is 1. The normalized spacial score (nSPS) is 18.1. The largest absolute Gasteiger partial charge is 0.461 e. The van der Waals surface area contributed by atoms with Crippen LogP contribution in [0, 0.1) is 0 Å². The number of hydrogen-bond acceptors (Lipinski definition) is 2. The predicted octanol–water partition coefficient (Wildman–Crippen LogP) is 4.67. The van der Waals surface area contributed by atoms with E-state index >= 15 is 0 Å². The summed E-state index contributed by atoms with van der Waals surface area (Å²) < 4.78 is 5.89. The fourth-order valence-corrected chi connectivity index (χ4v) is 3.40. The van der Waals surface area contributed by atoms with Crippen molar-refractivity contribution in [3.63, 3.8) is 0 Å². The number of aryl methyl sites for hydroxylation is 1. The highest BCUT2D eigenvalue weighted by Crippen LogP contribution is 2.24. The number of carbonyl (C=O) groups excluding carboxylic acids is 1. The molecule has 1 unspecified atom stereocenters. The summed E-state index contributed by atoms with van der Waals surface area (Å²) in [7, 11) is 0. The molecule has 23 heavy (non-hydrogen) atoms. The van der Waals surface area contributed by atoms with Gasteiger partial charge in [-0.25, -0.2) is 0 Å². The molecule has 1 aromatic carbocycles. The molecule has 1 amide bonds. The molecule has 1 saturated heterocycles. The van der Waals surface area contributed by atoms with Gasteiger partial charge in [0.1, 0.15) is 11.5 Å². The van der Waals surface area contributed by atoms with Gasteiger partial charge in [0, 0.05) is 31.0 Å². The molecular weight excluding hydrogens is 286 g/mol. The highest BCUT2D eigenvalue weighted by molar-refractivity contribution is 5.76. The number of rotatable bonds is 5. The van der Waals surface area contributed by atoms with E-state index in [1.54, 1.807) is 0 Å². The van der Waals surface area contributed by atoms with Gasteiger partial charge in [-0.05, 0) is 37.8 Å². The fourth-order valence-electron chi connectivity index (χ4n) is 3.40. The lowest BCUT2D eigenvalue weighted by atomic mass is 9.99. The van der Waals surface area contributed by atoms with E-state index in [1.807, 2.05) is 42.5 Å². The lowest BCUT2D eigenvalue weighted by molar-refractivity contribution is -0.135. The van der Waals surface area contributed by atoms with Crippen LogP contribution in [-0.2, 0) is 11.2 Å². The van der Waals surface area contributed by atoms with E-state index in [0.29, 0.717) is 18.9 Å². The SMILES string of the molecule is CCC1CCCCN1C(=O)CCc1ccc(-c2ccccc2)o1. The maximum Gasteiger partial charge on any atom is 0.223 e. The molecule has 0 bridgehead atoms. The summed E-state index contributed by atoms with van der Waals surface area (Å²) >= 11 is 0. The molecule has 0 aliphatic carbocycles. The maximum atomic E-state index is 12.5. The molecule has 3 heteroatoms. The summed E-state index contributed by atoms with van der Waals surface area (Å²) in [6, 6.07) is 14.5. The monoisotopic (exact) mass is 311 g/mol. The first-order chi connectivity index (χ1) is 11.3. The first kappa shape index (κ1) is 15.9. The highest BCUT2D eigenvalue weighted by atomic mass is 16.3. The van der Waals surface area contributed by atoms with Gasteiger partial charge in [0.2, 0.25) is 5.91 Å². The first-order valence-electron chi connectivity index (χ1n) is 8.71. The average Bonchev–Trinajstić information content (AvgIpc) is 3.09. The van der Waals surface area contributed by atoms with E-state index in [2.05, 4.69) is 11.8 Å². The molecule has 1 aromatic heterocycles. The second kappa shape index (κ2) is 7.49. The van der Waals surface area contributed by atoms with Crippen LogP contribution in [0.5, 0.6) is 0 Å². The molecule has 0 radical (unpaired) electrons. The van der Waals surface area contributed by atoms with Gasteiger partial charge in [0.05, 0.1) is 0 Å². The molecule has 2 aromatic rings. The summed E-state index contributed by atoms with van der Waals surface area (Å²) in [6.45, 7) is 3.10. The minimum absolute atomic E-state index is 0.272. The van der Waals surface area contributed by atoms with E-state index in [4.69, 9.17) is 4.42 Å². The smallest absolute Gasteiger partial charge is 0.223 e. The molecule has 1 atom stereocenters. The minimum atomic E-state index is 0.272. The molecular formula is C20H25NO2. The third kappa shape index (κ3) is 3.84. The third-order valence-electron chi connectivity index (χ3n) is 4.72. The quantitative estimate of drug-likeness (QED) is 0.804. The molecule has 0 spiro atoms. The number of amides is 1. The Morgan fingerprint density at radius 2 is 2.00 bits per heavy atom. The lowest BCUT2D eigenvalue weighted by Gasteiger charge is -2.35. The van der Waals surface area contributed by atoms with Crippen LogP contribution in [0.4, 0.5) is 0 Å². The van der Waals surface area contributed by atoms with Crippen molar-refractivity contribution < 1.29 is 9.21 Å². The average molecular weight is 311 g/mol. The molecule has 1 aliphatic rings. The zero-order valence-electron chi connectivity index (χ0n) is 13.8.